The number of nitrogens with zero attached hydrogens (tertiary/aromatic N) is 2. The second-order valence-electron chi connectivity index (χ2n) is 6.55. The SMILES string of the molecule is O=C(C1COc2ccccc2O1)N1CCN(S(=O)(=O)c2ccc(Br)cc2)CC1. The third kappa shape index (κ3) is 3.74. The maximum Gasteiger partial charge on any atom is 0.267 e. The molecule has 1 saturated heterocycles. The summed E-state index contributed by atoms with van der Waals surface area (Å²) in [5.41, 5.74) is 0. The first kappa shape index (κ1) is 19.2. The number of benzene rings is 2. The van der Waals surface area contributed by atoms with Crippen LogP contribution in [0.2, 0.25) is 0 Å². The van der Waals surface area contributed by atoms with Crippen LogP contribution in [0.5, 0.6) is 11.5 Å². The van der Waals surface area contributed by atoms with Crippen LogP contribution in [0.3, 0.4) is 0 Å². The zero-order valence-electron chi connectivity index (χ0n) is 15.0. The van der Waals surface area contributed by atoms with Crippen molar-refractivity contribution >= 4 is 31.9 Å². The van der Waals surface area contributed by atoms with E-state index in [0.29, 0.717) is 24.6 Å². The highest BCUT2D eigenvalue weighted by Gasteiger charge is 2.35. The van der Waals surface area contributed by atoms with Crippen LogP contribution in [0.4, 0.5) is 0 Å². The second-order valence-corrected chi connectivity index (χ2v) is 9.40. The van der Waals surface area contributed by atoms with Gasteiger partial charge in [0.05, 0.1) is 4.90 Å². The third-order valence-electron chi connectivity index (χ3n) is 4.79. The molecule has 2 aliphatic rings. The van der Waals surface area contributed by atoms with Crippen LogP contribution in [-0.4, -0.2) is 62.4 Å². The van der Waals surface area contributed by atoms with E-state index in [0.717, 1.165) is 4.47 Å². The summed E-state index contributed by atoms with van der Waals surface area (Å²) >= 11 is 3.31. The van der Waals surface area contributed by atoms with Crippen LogP contribution in [-0.2, 0) is 14.8 Å². The number of fused-ring (bicyclic) bond motifs is 1. The fourth-order valence-electron chi connectivity index (χ4n) is 3.25. The topological polar surface area (TPSA) is 76.2 Å². The molecule has 28 heavy (non-hydrogen) atoms. The minimum absolute atomic E-state index is 0.146. The number of hydrogen-bond acceptors (Lipinski definition) is 5. The summed E-state index contributed by atoms with van der Waals surface area (Å²) < 4.78 is 39.2. The summed E-state index contributed by atoms with van der Waals surface area (Å²) in [5.74, 6) is 0.982. The molecule has 2 heterocycles. The first-order valence-electron chi connectivity index (χ1n) is 8.88. The average molecular weight is 467 g/mol. The first-order chi connectivity index (χ1) is 13.4. The van der Waals surface area contributed by atoms with Gasteiger partial charge in [0.1, 0.15) is 6.61 Å². The molecule has 7 nitrogen and oxygen atoms in total. The molecule has 1 amide bonds. The summed E-state index contributed by atoms with van der Waals surface area (Å²) in [6.45, 7) is 1.27. The van der Waals surface area contributed by atoms with Crippen molar-refractivity contribution in [2.24, 2.45) is 0 Å². The molecule has 9 heteroatoms. The first-order valence-corrected chi connectivity index (χ1v) is 11.1. The zero-order valence-corrected chi connectivity index (χ0v) is 17.4. The van der Waals surface area contributed by atoms with Crippen molar-refractivity contribution in [1.29, 1.82) is 0 Å². The Morgan fingerprint density at radius 1 is 0.964 bits per heavy atom. The van der Waals surface area contributed by atoms with Gasteiger partial charge in [-0.05, 0) is 36.4 Å². The van der Waals surface area contributed by atoms with Crippen molar-refractivity contribution in [3.8, 4) is 11.5 Å². The quantitative estimate of drug-likeness (QED) is 0.692. The standard InChI is InChI=1S/C19H19BrN2O5S/c20-14-5-7-15(8-6-14)28(24,25)22-11-9-21(10-12-22)19(23)18-13-26-16-3-1-2-4-17(16)27-18/h1-8,18H,9-13H2. The highest BCUT2D eigenvalue weighted by molar-refractivity contribution is 9.10. The Hall–Kier alpha value is -2.10. The predicted molar refractivity (Wildman–Crippen MR) is 106 cm³/mol. The van der Waals surface area contributed by atoms with E-state index in [2.05, 4.69) is 15.9 Å². The van der Waals surface area contributed by atoms with Crippen LogP contribution >= 0.6 is 15.9 Å². The number of para-hydroxylation sites is 2. The highest BCUT2D eigenvalue weighted by Crippen LogP contribution is 2.31. The summed E-state index contributed by atoms with van der Waals surface area (Å²) in [7, 11) is -3.57. The summed E-state index contributed by atoms with van der Waals surface area (Å²) in [6, 6.07) is 13.8. The lowest BCUT2D eigenvalue weighted by atomic mass is 10.2. The van der Waals surface area contributed by atoms with E-state index in [9.17, 15) is 13.2 Å². The average Bonchev–Trinajstić information content (AvgIpc) is 2.73. The summed E-state index contributed by atoms with van der Waals surface area (Å²) in [5, 5.41) is 0. The minimum Gasteiger partial charge on any atom is -0.485 e. The van der Waals surface area contributed by atoms with Gasteiger partial charge in [0, 0.05) is 30.7 Å². The van der Waals surface area contributed by atoms with Gasteiger partial charge in [-0.1, -0.05) is 28.1 Å². The normalized spacial score (nSPS) is 20.0. The smallest absolute Gasteiger partial charge is 0.267 e. The summed E-state index contributed by atoms with van der Waals surface area (Å²) in [6.07, 6.45) is -0.718. The van der Waals surface area contributed by atoms with Gasteiger partial charge >= 0.3 is 0 Å². The van der Waals surface area contributed by atoms with Crippen LogP contribution in [0.1, 0.15) is 0 Å². The molecular formula is C19H19BrN2O5S. The van der Waals surface area contributed by atoms with Crippen LogP contribution < -0.4 is 9.47 Å². The van der Waals surface area contributed by atoms with E-state index in [-0.39, 0.29) is 30.5 Å². The van der Waals surface area contributed by atoms with E-state index < -0.39 is 16.1 Å². The van der Waals surface area contributed by atoms with Crippen molar-refractivity contribution in [3.63, 3.8) is 0 Å². The number of carbonyl (C=O) groups is 1. The van der Waals surface area contributed by atoms with Gasteiger partial charge in [-0.15, -0.1) is 0 Å². The molecule has 0 radical (unpaired) electrons. The summed E-state index contributed by atoms with van der Waals surface area (Å²) in [4.78, 5) is 14.7. The van der Waals surface area contributed by atoms with E-state index >= 15 is 0 Å². The maximum atomic E-state index is 12.8. The molecule has 1 unspecified atom stereocenters. The number of rotatable bonds is 3. The molecule has 0 spiro atoms. The Kier molecular flexibility index (Phi) is 5.31. The highest BCUT2D eigenvalue weighted by atomic mass is 79.9. The lowest BCUT2D eigenvalue weighted by Crippen LogP contribution is -2.55. The molecule has 2 aliphatic heterocycles. The van der Waals surface area contributed by atoms with Gasteiger partial charge in [-0.3, -0.25) is 4.79 Å². The molecule has 2 aromatic rings. The molecular weight excluding hydrogens is 448 g/mol. The van der Waals surface area contributed by atoms with Gasteiger partial charge in [-0.25, -0.2) is 8.42 Å². The van der Waals surface area contributed by atoms with Gasteiger partial charge in [-0.2, -0.15) is 4.31 Å². The number of sulfonamides is 1. The van der Waals surface area contributed by atoms with Crippen molar-refractivity contribution in [2.45, 2.75) is 11.0 Å². The van der Waals surface area contributed by atoms with E-state index in [4.69, 9.17) is 9.47 Å². The molecule has 1 fully saturated rings. The van der Waals surface area contributed by atoms with E-state index in [1.54, 1.807) is 41.3 Å². The molecule has 0 bridgehead atoms. The number of ether oxygens (including phenoxy) is 2. The maximum absolute atomic E-state index is 12.8. The largest absolute Gasteiger partial charge is 0.485 e. The Bertz CT molecular complexity index is 972. The zero-order chi connectivity index (χ0) is 19.7. The third-order valence-corrected chi connectivity index (χ3v) is 7.23. The van der Waals surface area contributed by atoms with Crippen LogP contribution in [0.15, 0.2) is 57.9 Å². The molecule has 0 aliphatic carbocycles. The molecule has 148 valence electrons. The fourth-order valence-corrected chi connectivity index (χ4v) is 4.94. The Labute approximate surface area is 172 Å². The van der Waals surface area contributed by atoms with Crippen LogP contribution in [0, 0.1) is 0 Å². The van der Waals surface area contributed by atoms with Gasteiger partial charge in [0.15, 0.2) is 11.5 Å². The van der Waals surface area contributed by atoms with Crippen LogP contribution in [0.25, 0.3) is 0 Å². The van der Waals surface area contributed by atoms with Crippen molar-refractivity contribution < 1.29 is 22.7 Å². The predicted octanol–water partition coefficient (Wildman–Crippen LogP) is 2.12. The molecule has 0 aromatic heterocycles. The van der Waals surface area contributed by atoms with Crippen molar-refractivity contribution in [3.05, 3.63) is 53.0 Å². The monoisotopic (exact) mass is 466 g/mol. The lowest BCUT2D eigenvalue weighted by molar-refractivity contribution is -0.142. The van der Waals surface area contributed by atoms with Gasteiger partial charge in [0.25, 0.3) is 5.91 Å². The Morgan fingerprint density at radius 2 is 1.61 bits per heavy atom. The van der Waals surface area contributed by atoms with E-state index in [1.807, 2.05) is 12.1 Å². The van der Waals surface area contributed by atoms with Gasteiger partial charge in [0.2, 0.25) is 16.1 Å². The van der Waals surface area contributed by atoms with Gasteiger partial charge < -0.3 is 14.4 Å². The molecule has 4 rings (SSSR count). The number of halogens is 1. The second kappa shape index (κ2) is 7.73. The molecule has 0 saturated carbocycles. The fraction of sp³-hybridized carbons (Fsp3) is 0.316. The Morgan fingerprint density at radius 3 is 2.29 bits per heavy atom. The lowest BCUT2D eigenvalue weighted by Gasteiger charge is -2.36. The number of amides is 1. The van der Waals surface area contributed by atoms with Crippen molar-refractivity contribution in [1.82, 2.24) is 9.21 Å². The minimum atomic E-state index is -3.57. The molecule has 2 aromatic carbocycles. The molecule has 1 atom stereocenters. The Balaban J connectivity index is 1.39. The van der Waals surface area contributed by atoms with Crippen molar-refractivity contribution in [2.75, 3.05) is 32.8 Å². The number of carbonyl (C=O) groups excluding carboxylic acids is 1. The number of hydrogen-bond donors (Lipinski definition) is 0. The van der Waals surface area contributed by atoms with E-state index in [1.165, 1.54) is 4.31 Å². The molecule has 0 N–H and O–H groups in total. The number of piperazine rings is 1.